The standard InChI is InChI=1S/C16H28N2O3/c1-18(2)16(7-3-4-8-16)13-17-10-14(19)11-20-12-15-6-5-9-21-15/h5-6,9,14,17,19H,3-4,7-8,10-13H2,1-2H3. The summed E-state index contributed by atoms with van der Waals surface area (Å²) in [7, 11) is 4.30. The molecule has 1 aromatic heterocycles. The third kappa shape index (κ3) is 4.81. The summed E-state index contributed by atoms with van der Waals surface area (Å²) >= 11 is 0. The molecule has 1 aliphatic carbocycles. The maximum Gasteiger partial charge on any atom is 0.129 e. The molecule has 2 rings (SSSR count). The molecule has 0 radical (unpaired) electrons. The SMILES string of the molecule is CN(C)C1(CNCC(O)COCc2ccco2)CCCC1. The topological polar surface area (TPSA) is 57.9 Å². The van der Waals surface area contributed by atoms with Gasteiger partial charge in [0.05, 0.1) is 19.0 Å². The third-order valence-electron chi connectivity index (χ3n) is 4.45. The molecule has 1 atom stereocenters. The number of aliphatic hydroxyl groups excluding tert-OH is 1. The molecule has 2 N–H and O–H groups in total. The van der Waals surface area contributed by atoms with E-state index in [0.29, 0.717) is 19.8 Å². The van der Waals surface area contributed by atoms with Gasteiger partial charge >= 0.3 is 0 Å². The van der Waals surface area contributed by atoms with E-state index in [-0.39, 0.29) is 5.54 Å². The smallest absolute Gasteiger partial charge is 0.129 e. The first-order valence-electron chi connectivity index (χ1n) is 7.79. The zero-order chi connectivity index (χ0) is 15.1. The second-order valence-electron chi connectivity index (χ2n) is 6.21. The Morgan fingerprint density at radius 1 is 1.43 bits per heavy atom. The van der Waals surface area contributed by atoms with Crippen molar-refractivity contribution in [2.45, 2.75) is 43.9 Å². The molecule has 0 amide bonds. The van der Waals surface area contributed by atoms with Crippen molar-refractivity contribution in [1.29, 1.82) is 0 Å². The normalized spacial score (nSPS) is 19.2. The number of furan rings is 1. The van der Waals surface area contributed by atoms with Gasteiger partial charge in [-0.05, 0) is 39.1 Å². The predicted octanol–water partition coefficient (Wildman–Crippen LogP) is 1.62. The van der Waals surface area contributed by atoms with Crippen LogP contribution in [0.5, 0.6) is 0 Å². The largest absolute Gasteiger partial charge is 0.467 e. The molecule has 1 fully saturated rings. The van der Waals surface area contributed by atoms with E-state index < -0.39 is 6.10 Å². The van der Waals surface area contributed by atoms with Gasteiger partial charge in [0.2, 0.25) is 0 Å². The van der Waals surface area contributed by atoms with Gasteiger partial charge in [0.25, 0.3) is 0 Å². The highest BCUT2D eigenvalue weighted by Crippen LogP contribution is 2.32. The molecule has 1 heterocycles. The Balaban J connectivity index is 1.61. The second-order valence-corrected chi connectivity index (χ2v) is 6.21. The average molecular weight is 296 g/mol. The van der Waals surface area contributed by atoms with Gasteiger partial charge in [-0.1, -0.05) is 12.8 Å². The lowest BCUT2D eigenvalue weighted by Gasteiger charge is -2.37. The van der Waals surface area contributed by atoms with Gasteiger partial charge < -0.3 is 24.5 Å². The van der Waals surface area contributed by atoms with E-state index in [0.717, 1.165) is 12.3 Å². The maximum atomic E-state index is 9.94. The number of ether oxygens (including phenoxy) is 1. The van der Waals surface area contributed by atoms with Crippen molar-refractivity contribution < 1.29 is 14.3 Å². The number of hydrogen-bond donors (Lipinski definition) is 2. The fourth-order valence-electron chi connectivity index (χ4n) is 3.04. The number of nitrogens with one attached hydrogen (secondary N) is 1. The monoisotopic (exact) mass is 296 g/mol. The van der Waals surface area contributed by atoms with Crippen LogP contribution in [-0.2, 0) is 11.3 Å². The van der Waals surface area contributed by atoms with E-state index in [1.807, 2.05) is 12.1 Å². The van der Waals surface area contributed by atoms with E-state index in [1.165, 1.54) is 25.7 Å². The Kier molecular flexibility index (Phi) is 6.23. The van der Waals surface area contributed by atoms with Crippen LogP contribution in [0.1, 0.15) is 31.4 Å². The van der Waals surface area contributed by atoms with Crippen molar-refractivity contribution in [1.82, 2.24) is 10.2 Å². The van der Waals surface area contributed by atoms with Gasteiger partial charge in [0.1, 0.15) is 12.4 Å². The Morgan fingerprint density at radius 2 is 2.19 bits per heavy atom. The van der Waals surface area contributed by atoms with Crippen molar-refractivity contribution in [2.24, 2.45) is 0 Å². The first-order chi connectivity index (χ1) is 10.1. The van der Waals surface area contributed by atoms with Crippen molar-refractivity contribution in [3.63, 3.8) is 0 Å². The molecule has 0 bridgehead atoms. The van der Waals surface area contributed by atoms with Gasteiger partial charge in [-0.2, -0.15) is 0 Å². The van der Waals surface area contributed by atoms with Crippen LogP contribution in [0.25, 0.3) is 0 Å². The molecule has 21 heavy (non-hydrogen) atoms. The van der Waals surface area contributed by atoms with Crippen LogP contribution in [0.3, 0.4) is 0 Å². The van der Waals surface area contributed by atoms with Crippen LogP contribution >= 0.6 is 0 Å². The van der Waals surface area contributed by atoms with Gasteiger partial charge in [0, 0.05) is 18.6 Å². The highest BCUT2D eigenvalue weighted by molar-refractivity contribution is 4.96. The van der Waals surface area contributed by atoms with E-state index in [2.05, 4.69) is 24.3 Å². The van der Waals surface area contributed by atoms with Crippen molar-refractivity contribution in [3.8, 4) is 0 Å². The molecule has 1 aromatic rings. The lowest BCUT2D eigenvalue weighted by atomic mass is 9.96. The summed E-state index contributed by atoms with van der Waals surface area (Å²) in [5.74, 6) is 0.785. The molecule has 1 aliphatic rings. The van der Waals surface area contributed by atoms with Gasteiger partial charge in [-0.3, -0.25) is 0 Å². The summed E-state index contributed by atoms with van der Waals surface area (Å²) in [6.45, 7) is 2.22. The van der Waals surface area contributed by atoms with Crippen molar-refractivity contribution in [3.05, 3.63) is 24.2 Å². The molecular formula is C16H28N2O3. The zero-order valence-electron chi connectivity index (χ0n) is 13.2. The maximum absolute atomic E-state index is 9.94. The number of rotatable bonds is 9. The Morgan fingerprint density at radius 3 is 2.81 bits per heavy atom. The molecule has 5 nitrogen and oxygen atoms in total. The minimum absolute atomic E-state index is 0.259. The molecular weight excluding hydrogens is 268 g/mol. The summed E-state index contributed by atoms with van der Waals surface area (Å²) in [6, 6.07) is 3.70. The summed E-state index contributed by atoms with van der Waals surface area (Å²) in [5.41, 5.74) is 0.259. The van der Waals surface area contributed by atoms with Crippen LogP contribution in [-0.4, -0.2) is 55.4 Å². The predicted molar refractivity (Wildman–Crippen MR) is 82.1 cm³/mol. The van der Waals surface area contributed by atoms with E-state index in [1.54, 1.807) is 6.26 Å². The van der Waals surface area contributed by atoms with Crippen LogP contribution in [0.2, 0.25) is 0 Å². The summed E-state index contributed by atoms with van der Waals surface area (Å²) in [5, 5.41) is 13.3. The number of hydrogen-bond acceptors (Lipinski definition) is 5. The minimum atomic E-state index is -0.486. The number of nitrogens with zero attached hydrogens (tertiary/aromatic N) is 1. The molecule has 5 heteroatoms. The van der Waals surface area contributed by atoms with Gasteiger partial charge in [0.15, 0.2) is 0 Å². The van der Waals surface area contributed by atoms with Gasteiger partial charge in [-0.25, -0.2) is 0 Å². The Labute approximate surface area is 127 Å². The highest BCUT2D eigenvalue weighted by Gasteiger charge is 2.35. The fourth-order valence-corrected chi connectivity index (χ4v) is 3.04. The number of likely N-dealkylation sites (N-methyl/N-ethyl adjacent to an activating group) is 1. The summed E-state index contributed by atoms with van der Waals surface area (Å²) in [4.78, 5) is 2.33. The molecule has 120 valence electrons. The quantitative estimate of drug-likeness (QED) is 0.725. The van der Waals surface area contributed by atoms with Crippen LogP contribution < -0.4 is 5.32 Å². The first kappa shape index (κ1) is 16.5. The third-order valence-corrected chi connectivity index (χ3v) is 4.45. The van der Waals surface area contributed by atoms with Crippen molar-refractivity contribution in [2.75, 3.05) is 33.8 Å². The molecule has 0 aromatic carbocycles. The first-order valence-corrected chi connectivity index (χ1v) is 7.79. The summed E-state index contributed by atoms with van der Waals surface area (Å²) < 4.78 is 10.6. The van der Waals surface area contributed by atoms with Crippen LogP contribution in [0, 0.1) is 0 Å². The van der Waals surface area contributed by atoms with Crippen LogP contribution in [0.15, 0.2) is 22.8 Å². The minimum Gasteiger partial charge on any atom is -0.467 e. The van der Waals surface area contributed by atoms with E-state index >= 15 is 0 Å². The summed E-state index contributed by atoms with van der Waals surface area (Å²) in [6.07, 6.45) is 6.21. The molecule has 0 aliphatic heterocycles. The Bertz CT molecular complexity index is 386. The molecule has 1 saturated carbocycles. The molecule has 1 unspecified atom stereocenters. The zero-order valence-corrected chi connectivity index (χ0v) is 13.2. The van der Waals surface area contributed by atoms with Crippen molar-refractivity contribution >= 4 is 0 Å². The number of aliphatic hydroxyl groups is 1. The second kappa shape index (κ2) is 7.94. The molecule has 0 saturated heterocycles. The lowest BCUT2D eigenvalue weighted by molar-refractivity contribution is 0.0208. The van der Waals surface area contributed by atoms with E-state index in [4.69, 9.17) is 9.15 Å². The Hall–Kier alpha value is -0.880. The lowest BCUT2D eigenvalue weighted by Crippen LogP contribution is -2.50. The van der Waals surface area contributed by atoms with Gasteiger partial charge in [-0.15, -0.1) is 0 Å². The molecule has 0 spiro atoms. The highest BCUT2D eigenvalue weighted by atomic mass is 16.5. The fraction of sp³-hybridized carbons (Fsp3) is 0.750. The van der Waals surface area contributed by atoms with E-state index in [9.17, 15) is 5.11 Å². The van der Waals surface area contributed by atoms with Crippen LogP contribution in [0.4, 0.5) is 0 Å². The average Bonchev–Trinajstić information content (AvgIpc) is 3.10.